The highest BCUT2D eigenvalue weighted by Crippen LogP contribution is 2.26. The standard InChI is InChI=1S/C17H15NO2S/c1-18-14-11-13(20-2)8-9-16(14)21-17(18)10-7-12-5-3-4-6-15(12)19/h3-11H,1-2H3/p+1. The molecule has 3 aromatic rings. The molecule has 0 bridgehead atoms. The van der Waals surface area contributed by atoms with Crippen LogP contribution in [-0.4, -0.2) is 12.2 Å². The lowest BCUT2D eigenvalue weighted by Crippen LogP contribution is -2.28. The number of aryl methyl sites for hydroxylation is 1. The lowest BCUT2D eigenvalue weighted by atomic mass is 10.2. The van der Waals surface area contributed by atoms with Crippen molar-refractivity contribution in [1.82, 2.24) is 0 Å². The molecule has 0 spiro atoms. The fourth-order valence-corrected chi connectivity index (χ4v) is 3.24. The van der Waals surface area contributed by atoms with E-state index in [0.717, 1.165) is 21.8 Å². The molecule has 0 aliphatic heterocycles. The summed E-state index contributed by atoms with van der Waals surface area (Å²) in [6, 6.07) is 13.4. The topological polar surface area (TPSA) is 33.3 Å². The van der Waals surface area contributed by atoms with Gasteiger partial charge in [0.25, 0.3) is 5.01 Å². The molecule has 3 nitrogen and oxygen atoms in total. The second-order valence-electron chi connectivity index (χ2n) is 4.73. The zero-order valence-electron chi connectivity index (χ0n) is 11.9. The molecule has 1 heterocycles. The molecule has 106 valence electrons. The van der Waals surface area contributed by atoms with Gasteiger partial charge in [-0.25, -0.2) is 0 Å². The van der Waals surface area contributed by atoms with Crippen LogP contribution in [0.3, 0.4) is 0 Å². The Morgan fingerprint density at radius 3 is 2.71 bits per heavy atom. The number of ether oxygens (including phenoxy) is 1. The van der Waals surface area contributed by atoms with Gasteiger partial charge in [0.15, 0.2) is 0 Å². The number of methoxy groups -OCH3 is 1. The molecular weight excluding hydrogens is 282 g/mol. The summed E-state index contributed by atoms with van der Waals surface area (Å²) in [5.74, 6) is 1.14. The Balaban J connectivity index is 2.01. The van der Waals surface area contributed by atoms with E-state index >= 15 is 0 Å². The Morgan fingerprint density at radius 2 is 1.95 bits per heavy atom. The smallest absolute Gasteiger partial charge is 0.262 e. The molecule has 0 radical (unpaired) electrons. The van der Waals surface area contributed by atoms with Gasteiger partial charge < -0.3 is 9.84 Å². The third-order valence-electron chi connectivity index (χ3n) is 3.41. The molecule has 0 amide bonds. The summed E-state index contributed by atoms with van der Waals surface area (Å²) in [7, 11) is 3.70. The van der Waals surface area contributed by atoms with Gasteiger partial charge in [-0.1, -0.05) is 29.5 Å². The highest BCUT2D eigenvalue weighted by Gasteiger charge is 2.15. The summed E-state index contributed by atoms with van der Waals surface area (Å²) in [4.78, 5) is 0. The maximum atomic E-state index is 9.79. The molecule has 3 rings (SSSR count). The minimum atomic E-state index is 0.291. The third-order valence-corrected chi connectivity index (χ3v) is 4.60. The van der Waals surface area contributed by atoms with Gasteiger partial charge in [-0.2, -0.15) is 4.57 Å². The van der Waals surface area contributed by atoms with E-state index < -0.39 is 0 Å². The molecule has 0 atom stereocenters. The van der Waals surface area contributed by atoms with Gasteiger partial charge in [0.1, 0.15) is 23.2 Å². The quantitative estimate of drug-likeness (QED) is 0.749. The molecule has 0 aliphatic carbocycles. The molecule has 1 N–H and O–H groups in total. The number of rotatable bonds is 3. The first kappa shape index (κ1) is 13.6. The van der Waals surface area contributed by atoms with Crippen LogP contribution in [0.15, 0.2) is 42.5 Å². The number of aromatic nitrogens is 1. The van der Waals surface area contributed by atoms with E-state index in [-0.39, 0.29) is 0 Å². The SMILES string of the molecule is COc1ccc2sc(/C=C/c3ccccc3O)[n+](C)c2c1. The van der Waals surface area contributed by atoms with Crippen LogP contribution in [0.5, 0.6) is 11.5 Å². The summed E-state index contributed by atoms with van der Waals surface area (Å²) in [6.45, 7) is 0. The average molecular weight is 298 g/mol. The zero-order chi connectivity index (χ0) is 14.8. The van der Waals surface area contributed by atoms with Crippen molar-refractivity contribution in [3.05, 3.63) is 53.0 Å². The molecular formula is C17H16NO2S+. The summed E-state index contributed by atoms with van der Waals surface area (Å²) in [6.07, 6.45) is 3.95. The van der Waals surface area contributed by atoms with Crippen LogP contribution in [0.2, 0.25) is 0 Å². The van der Waals surface area contributed by atoms with E-state index in [4.69, 9.17) is 4.74 Å². The Morgan fingerprint density at radius 1 is 1.14 bits per heavy atom. The number of para-hydroxylation sites is 1. The Bertz CT molecular complexity index is 821. The van der Waals surface area contributed by atoms with Crippen molar-refractivity contribution in [2.45, 2.75) is 0 Å². The van der Waals surface area contributed by atoms with Gasteiger partial charge in [-0.05, 0) is 24.3 Å². The number of hydrogen-bond acceptors (Lipinski definition) is 3. The molecule has 0 saturated heterocycles. The van der Waals surface area contributed by atoms with Gasteiger partial charge >= 0.3 is 0 Å². The second-order valence-corrected chi connectivity index (χ2v) is 5.79. The van der Waals surface area contributed by atoms with Crippen LogP contribution in [0.4, 0.5) is 0 Å². The molecule has 0 unspecified atom stereocenters. The summed E-state index contributed by atoms with van der Waals surface area (Å²) in [5, 5.41) is 10.9. The summed E-state index contributed by atoms with van der Waals surface area (Å²) in [5.41, 5.74) is 1.95. The number of hydrogen-bond donors (Lipinski definition) is 1. The lowest BCUT2D eigenvalue weighted by Gasteiger charge is -1.96. The van der Waals surface area contributed by atoms with Crippen molar-refractivity contribution < 1.29 is 14.4 Å². The number of thiazole rings is 1. The first-order chi connectivity index (χ1) is 10.2. The maximum Gasteiger partial charge on any atom is 0.262 e. The summed E-state index contributed by atoms with van der Waals surface area (Å²) < 4.78 is 8.60. The normalized spacial score (nSPS) is 11.3. The van der Waals surface area contributed by atoms with Crippen molar-refractivity contribution in [3.8, 4) is 11.5 Å². The van der Waals surface area contributed by atoms with Crippen LogP contribution in [0.25, 0.3) is 22.4 Å². The number of phenolic OH excluding ortho intramolecular Hbond substituents is 1. The van der Waals surface area contributed by atoms with Crippen molar-refractivity contribution in [2.24, 2.45) is 7.05 Å². The van der Waals surface area contributed by atoms with E-state index in [1.165, 1.54) is 4.70 Å². The second kappa shape index (κ2) is 5.58. The molecule has 4 heteroatoms. The van der Waals surface area contributed by atoms with Gasteiger partial charge in [0.05, 0.1) is 13.2 Å². The van der Waals surface area contributed by atoms with Crippen LogP contribution >= 0.6 is 11.3 Å². The number of nitrogens with zero attached hydrogens (tertiary/aromatic N) is 1. The van der Waals surface area contributed by atoms with Crippen molar-refractivity contribution >= 4 is 33.7 Å². The van der Waals surface area contributed by atoms with Crippen LogP contribution < -0.4 is 9.30 Å². The first-order valence-electron chi connectivity index (χ1n) is 6.61. The fraction of sp³-hybridized carbons (Fsp3) is 0.118. The highest BCUT2D eigenvalue weighted by atomic mass is 32.1. The summed E-state index contributed by atoms with van der Waals surface area (Å²) >= 11 is 1.71. The molecule has 21 heavy (non-hydrogen) atoms. The Kier molecular flexibility index (Phi) is 3.62. The largest absolute Gasteiger partial charge is 0.507 e. The molecule has 1 aromatic heterocycles. The molecule has 2 aromatic carbocycles. The van der Waals surface area contributed by atoms with E-state index in [9.17, 15) is 5.11 Å². The van der Waals surface area contributed by atoms with Gasteiger partial charge in [0, 0.05) is 11.6 Å². The predicted octanol–water partition coefficient (Wildman–Crippen LogP) is 3.61. The average Bonchev–Trinajstić information content (AvgIpc) is 2.82. The van der Waals surface area contributed by atoms with E-state index in [2.05, 4.69) is 10.6 Å². The Labute approximate surface area is 127 Å². The van der Waals surface area contributed by atoms with Crippen molar-refractivity contribution in [3.63, 3.8) is 0 Å². The highest BCUT2D eigenvalue weighted by molar-refractivity contribution is 7.18. The van der Waals surface area contributed by atoms with Crippen molar-refractivity contribution in [2.75, 3.05) is 7.11 Å². The van der Waals surface area contributed by atoms with Crippen LogP contribution in [0, 0.1) is 0 Å². The van der Waals surface area contributed by atoms with Crippen molar-refractivity contribution in [1.29, 1.82) is 0 Å². The number of phenols is 1. The lowest BCUT2D eigenvalue weighted by molar-refractivity contribution is -0.642. The van der Waals surface area contributed by atoms with E-state index in [1.54, 1.807) is 24.5 Å². The number of benzene rings is 2. The first-order valence-corrected chi connectivity index (χ1v) is 7.43. The van der Waals surface area contributed by atoms with Gasteiger partial charge in [-0.15, -0.1) is 0 Å². The monoisotopic (exact) mass is 298 g/mol. The molecule has 0 saturated carbocycles. The molecule has 0 aliphatic rings. The minimum Gasteiger partial charge on any atom is -0.507 e. The molecule has 0 fully saturated rings. The predicted molar refractivity (Wildman–Crippen MR) is 86.6 cm³/mol. The maximum absolute atomic E-state index is 9.79. The minimum absolute atomic E-state index is 0.291. The van der Waals surface area contributed by atoms with Crippen LogP contribution in [0.1, 0.15) is 10.6 Å². The van der Waals surface area contributed by atoms with E-state index in [1.807, 2.05) is 49.5 Å². The number of fused-ring (bicyclic) bond motifs is 1. The van der Waals surface area contributed by atoms with Gasteiger partial charge in [0.2, 0.25) is 5.52 Å². The third kappa shape index (κ3) is 2.62. The van der Waals surface area contributed by atoms with Crippen LogP contribution in [-0.2, 0) is 7.05 Å². The fourth-order valence-electron chi connectivity index (χ4n) is 2.21. The van der Waals surface area contributed by atoms with E-state index in [0.29, 0.717) is 5.75 Å². The van der Waals surface area contributed by atoms with Gasteiger partial charge in [-0.3, -0.25) is 0 Å². The Hall–Kier alpha value is -2.33. The number of aromatic hydroxyl groups is 1. The zero-order valence-corrected chi connectivity index (χ0v) is 12.7.